The predicted octanol–water partition coefficient (Wildman–Crippen LogP) is 3.35. The number of hydrogen-bond acceptors (Lipinski definition) is 2. The van der Waals surface area contributed by atoms with Crippen molar-refractivity contribution in [2.24, 2.45) is 0 Å². The summed E-state index contributed by atoms with van der Waals surface area (Å²) in [6, 6.07) is 9.06. The average molecular weight is 221 g/mol. The molecule has 1 aromatic rings. The van der Waals surface area contributed by atoms with E-state index in [1.165, 1.54) is 0 Å². The molecule has 0 saturated carbocycles. The van der Waals surface area contributed by atoms with Crippen LogP contribution in [0.4, 0.5) is 4.79 Å². The zero-order chi connectivity index (χ0) is 12.0. The number of carbonyl (C=O) groups is 1. The van der Waals surface area contributed by atoms with Gasteiger partial charge in [-0.25, -0.2) is 4.79 Å². The first kappa shape index (κ1) is 12.6. The number of nitrogens with one attached hydrogen (secondary N) is 1. The normalized spacial score (nSPS) is 10.9. The molecular formula is C13H19NO2. The number of ether oxygens (including phenoxy) is 1. The number of hydrogen-bond donors (Lipinski definition) is 1. The number of amides is 1. The SMILES string of the molecule is CCCC(C)(C)NC(=O)Oc1ccccc1. The van der Waals surface area contributed by atoms with E-state index in [9.17, 15) is 4.79 Å². The van der Waals surface area contributed by atoms with Crippen LogP contribution in [0.2, 0.25) is 0 Å². The maximum atomic E-state index is 11.6. The van der Waals surface area contributed by atoms with Gasteiger partial charge in [0.25, 0.3) is 0 Å². The summed E-state index contributed by atoms with van der Waals surface area (Å²) in [5, 5.41) is 2.84. The highest BCUT2D eigenvalue weighted by Crippen LogP contribution is 2.13. The van der Waals surface area contributed by atoms with E-state index in [0.29, 0.717) is 5.75 Å². The Bertz CT molecular complexity index is 333. The molecule has 0 aliphatic heterocycles. The van der Waals surface area contributed by atoms with Crippen LogP contribution >= 0.6 is 0 Å². The predicted molar refractivity (Wildman–Crippen MR) is 64.6 cm³/mol. The maximum Gasteiger partial charge on any atom is 0.413 e. The molecule has 3 heteroatoms. The van der Waals surface area contributed by atoms with Gasteiger partial charge in [-0.3, -0.25) is 0 Å². The largest absolute Gasteiger partial charge is 0.413 e. The summed E-state index contributed by atoms with van der Waals surface area (Å²) in [4.78, 5) is 11.6. The van der Waals surface area contributed by atoms with Crippen LogP contribution in [0.5, 0.6) is 5.75 Å². The molecule has 0 aliphatic rings. The van der Waals surface area contributed by atoms with E-state index >= 15 is 0 Å². The van der Waals surface area contributed by atoms with Crippen LogP contribution in [0.3, 0.4) is 0 Å². The second-order valence-corrected chi connectivity index (χ2v) is 4.46. The third-order valence-electron chi connectivity index (χ3n) is 2.27. The Labute approximate surface area is 96.8 Å². The first-order valence-electron chi connectivity index (χ1n) is 5.58. The Kier molecular flexibility index (Phi) is 4.35. The lowest BCUT2D eigenvalue weighted by Gasteiger charge is -2.24. The monoisotopic (exact) mass is 221 g/mol. The van der Waals surface area contributed by atoms with Gasteiger partial charge in [0.1, 0.15) is 5.75 Å². The molecule has 0 bridgehead atoms. The van der Waals surface area contributed by atoms with Crippen molar-refractivity contribution >= 4 is 6.09 Å². The summed E-state index contributed by atoms with van der Waals surface area (Å²) >= 11 is 0. The van der Waals surface area contributed by atoms with Gasteiger partial charge in [0.05, 0.1) is 0 Å². The van der Waals surface area contributed by atoms with Crippen molar-refractivity contribution in [3.63, 3.8) is 0 Å². The maximum absolute atomic E-state index is 11.6. The van der Waals surface area contributed by atoms with E-state index < -0.39 is 6.09 Å². The summed E-state index contributed by atoms with van der Waals surface area (Å²) in [6.07, 6.45) is 1.56. The number of para-hydroxylation sites is 1. The Hall–Kier alpha value is -1.51. The van der Waals surface area contributed by atoms with E-state index in [0.717, 1.165) is 12.8 Å². The molecular weight excluding hydrogens is 202 g/mol. The second-order valence-electron chi connectivity index (χ2n) is 4.46. The van der Waals surface area contributed by atoms with Crippen molar-refractivity contribution in [1.82, 2.24) is 5.32 Å². The Morgan fingerprint density at radius 3 is 2.50 bits per heavy atom. The van der Waals surface area contributed by atoms with Crippen LogP contribution in [-0.4, -0.2) is 11.6 Å². The summed E-state index contributed by atoms with van der Waals surface area (Å²) in [6.45, 7) is 6.07. The average Bonchev–Trinajstić information content (AvgIpc) is 2.17. The van der Waals surface area contributed by atoms with Gasteiger partial charge in [-0.1, -0.05) is 31.5 Å². The van der Waals surface area contributed by atoms with Crippen LogP contribution in [0.1, 0.15) is 33.6 Å². The second kappa shape index (κ2) is 5.54. The van der Waals surface area contributed by atoms with Gasteiger partial charge in [-0.05, 0) is 32.4 Å². The Balaban J connectivity index is 2.48. The van der Waals surface area contributed by atoms with E-state index in [4.69, 9.17) is 4.74 Å². The lowest BCUT2D eigenvalue weighted by molar-refractivity contribution is 0.186. The molecule has 0 aromatic heterocycles. The summed E-state index contributed by atoms with van der Waals surface area (Å²) < 4.78 is 5.15. The minimum Gasteiger partial charge on any atom is -0.410 e. The fourth-order valence-electron chi connectivity index (χ4n) is 1.58. The molecule has 0 radical (unpaired) electrons. The molecule has 88 valence electrons. The molecule has 0 fully saturated rings. The first-order chi connectivity index (χ1) is 7.53. The minimum absolute atomic E-state index is 0.222. The summed E-state index contributed by atoms with van der Waals surface area (Å²) in [5.41, 5.74) is -0.222. The van der Waals surface area contributed by atoms with Crippen molar-refractivity contribution in [3.05, 3.63) is 30.3 Å². The molecule has 1 rings (SSSR count). The molecule has 1 N–H and O–H groups in total. The highest BCUT2D eigenvalue weighted by molar-refractivity contribution is 5.71. The van der Waals surface area contributed by atoms with Crippen LogP contribution in [0, 0.1) is 0 Å². The molecule has 0 aliphatic carbocycles. The van der Waals surface area contributed by atoms with Crippen LogP contribution in [-0.2, 0) is 0 Å². The Morgan fingerprint density at radius 1 is 1.31 bits per heavy atom. The van der Waals surface area contributed by atoms with Gasteiger partial charge in [0.15, 0.2) is 0 Å². The highest BCUT2D eigenvalue weighted by atomic mass is 16.6. The van der Waals surface area contributed by atoms with Crippen LogP contribution in [0.15, 0.2) is 30.3 Å². The fraction of sp³-hybridized carbons (Fsp3) is 0.462. The smallest absolute Gasteiger partial charge is 0.410 e. The molecule has 0 spiro atoms. The van der Waals surface area contributed by atoms with Gasteiger partial charge in [0, 0.05) is 5.54 Å². The van der Waals surface area contributed by atoms with E-state index in [1.807, 2.05) is 32.0 Å². The topological polar surface area (TPSA) is 38.3 Å². The van der Waals surface area contributed by atoms with Crippen molar-refractivity contribution < 1.29 is 9.53 Å². The van der Waals surface area contributed by atoms with E-state index in [2.05, 4.69) is 12.2 Å². The molecule has 3 nitrogen and oxygen atoms in total. The zero-order valence-corrected chi connectivity index (χ0v) is 10.1. The van der Waals surface area contributed by atoms with Crippen molar-refractivity contribution in [2.75, 3.05) is 0 Å². The van der Waals surface area contributed by atoms with Gasteiger partial charge >= 0.3 is 6.09 Å². The number of rotatable bonds is 4. The quantitative estimate of drug-likeness (QED) is 0.846. The molecule has 16 heavy (non-hydrogen) atoms. The summed E-state index contributed by atoms with van der Waals surface area (Å²) in [7, 11) is 0. The minimum atomic E-state index is -0.398. The lowest BCUT2D eigenvalue weighted by Crippen LogP contribution is -2.44. The molecule has 0 unspecified atom stereocenters. The van der Waals surface area contributed by atoms with Crippen molar-refractivity contribution in [1.29, 1.82) is 0 Å². The highest BCUT2D eigenvalue weighted by Gasteiger charge is 2.20. The van der Waals surface area contributed by atoms with Gasteiger partial charge in [0.2, 0.25) is 0 Å². The van der Waals surface area contributed by atoms with Gasteiger partial charge in [-0.15, -0.1) is 0 Å². The first-order valence-corrected chi connectivity index (χ1v) is 5.58. The number of carbonyl (C=O) groups excluding carboxylic acids is 1. The molecule has 1 amide bonds. The molecule has 0 heterocycles. The molecule has 0 saturated heterocycles. The molecule has 0 atom stereocenters. The fourth-order valence-corrected chi connectivity index (χ4v) is 1.58. The summed E-state index contributed by atoms with van der Waals surface area (Å²) in [5.74, 6) is 0.562. The zero-order valence-electron chi connectivity index (χ0n) is 10.1. The van der Waals surface area contributed by atoms with Crippen molar-refractivity contribution in [2.45, 2.75) is 39.2 Å². The lowest BCUT2D eigenvalue weighted by atomic mass is 9.99. The standard InChI is InChI=1S/C13H19NO2/c1-4-10-13(2,3)14-12(15)16-11-8-6-5-7-9-11/h5-9H,4,10H2,1-3H3,(H,14,15). The third-order valence-corrected chi connectivity index (χ3v) is 2.27. The molecule has 1 aromatic carbocycles. The van der Waals surface area contributed by atoms with Crippen LogP contribution < -0.4 is 10.1 Å². The third kappa shape index (κ3) is 4.34. The van der Waals surface area contributed by atoms with Crippen LogP contribution in [0.25, 0.3) is 0 Å². The van der Waals surface area contributed by atoms with E-state index in [1.54, 1.807) is 12.1 Å². The van der Waals surface area contributed by atoms with Crippen molar-refractivity contribution in [3.8, 4) is 5.75 Å². The van der Waals surface area contributed by atoms with Gasteiger partial charge in [-0.2, -0.15) is 0 Å². The number of benzene rings is 1. The van der Waals surface area contributed by atoms with E-state index in [-0.39, 0.29) is 5.54 Å². The van der Waals surface area contributed by atoms with Gasteiger partial charge < -0.3 is 10.1 Å². The Morgan fingerprint density at radius 2 is 1.94 bits per heavy atom.